The topological polar surface area (TPSA) is 76.6 Å². The molecule has 3 heterocycles. The smallest absolute Gasteiger partial charge is 0.244 e. The molecule has 140 valence electrons. The second-order valence-corrected chi connectivity index (χ2v) is 6.58. The highest BCUT2D eigenvalue weighted by Gasteiger charge is 2.22. The maximum Gasteiger partial charge on any atom is 0.244 e. The van der Waals surface area contributed by atoms with E-state index in [1.165, 1.54) is 0 Å². The van der Waals surface area contributed by atoms with Crippen molar-refractivity contribution in [3.05, 3.63) is 48.3 Å². The summed E-state index contributed by atoms with van der Waals surface area (Å²) >= 11 is 0. The molecule has 1 saturated heterocycles. The van der Waals surface area contributed by atoms with Crippen molar-refractivity contribution in [2.45, 2.75) is 18.9 Å². The predicted molar refractivity (Wildman–Crippen MR) is 102 cm³/mol. The van der Waals surface area contributed by atoms with Crippen molar-refractivity contribution in [3.63, 3.8) is 0 Å². The number of fused-ring (bicyclic) bond motifs is 1. The molecule has 0 radical (unpaired) electrons. The molecule has 1 unspecified atom stereocenters. The van der Waals surface area contributed by atoms with Gasteiger partial charge in [0.2, 0.25) is 11.9 Å². The fraction of sp³-hybridized carbons (Fsp3) is 0.350. The van der Waals surface area contributed by atoms with E-state index in [1.54, 1.807) is 30.6 Å². The molecule has 2 aliphatic rings. The van der Waals surface area contributed by atoms with Gasteiger partial charge in [0, 0.05) is 37.6 Å². The number of nitrogens with zero attached hydrogens (tertiary/aromatic N) is 3. The molecule has 27 heavy (non-hydrogen) atoms. The maximum absolute atomic E-state index is 12.3. The van der Waals surface area contributed by atoms with E-state index in [-0.39, 0.29) is 11.9 Å². The lowest BCUT2D eigenvalue weighted by molar-refractivity contribution is -0.117. The predicted octanol–water partition coefficient (Wildman–Crippen LogP) is 2.05. The van der Waals surface area contributed by atoms with Gasteiger partial charge < -0.3 is 19.7 Å². The van der Waals surface area contributed by atoms with Gasteiger partial charge in [-0.2, -0.15) is 0 Å². The first-order valence-electron chi connectivity index (χ1n) is 9.18. The molecule has 1 amide bonds. The molecule has 0 spiro atoms. The first kappa shape index (κ1) is 17.3. The quantitative estimate of drug-likeness (QED) is 0.835. The van der Waals surface area contributed by atoms with Crippen molar-refractivity contribution < 1.29 is 14.3 Å². The van der Waals surface area contributed by atoms with E-state index in [1.807, 2.05) is 18.2 Å². The standard InChI is InChI=1S/C20H22N4O3/c25-19(7-5-15-4-6-17-18(13-15)27-12-11-26-17)23-16-3-1-10-24(14-16)20-21-8-2-9-22-20/h2,4-9,13,16H,1,3,10-12,14H2,(H,23,25)/b7-5+. The highest BCUT2D eigenvalue weighted by molar-refractivity contribution is 5.92. The van der Waals surface area contributed by atoms with E-state index in [9.17, 15) is 4.79 Å². The van der Waals surface area contributed by atoms with Gasteiger partial charge in [-0.15, -0.1) is 0 Å². The van der Waals surface area contributed by atoms with Crippen LogP contribution in [0.5, 0.6) is 11.5 Å². The summed E-state index contributed by atoms with van der Waals surface area (Å²) < 4.78 is 11.1. The molecule has 1 atom stereocenters. The first-order valence-corrected chi connectivity index (χ1v) is 9.18. The lowest BCUT2D eigenvalue weighted by Crippen LogP contribution is -2.47. The van der Waals surface area contributed by atoms with Crippen LogP contribution in [0.15, 0.2) is 42.7 Å². The Hall–Kier alpha value is -3.09. The van der Waals surface area contributed by atoms with E-state index in [0.29, 0.717) is 25.7 Å². The van der Waals surface area contributed by atoms with Gasteiger partial charge in [0.1, 0.15) is 13.2 Å². The summed E-state index contributed by atoms with van der Waals surface area (Å²) in [5, 5.41) is 3.07. The van der Waals surface area contributed by atoms with E-state index in [2.05, 4.69) is 20.2 Å². The number of rotatable bonds is 4. The number of piperidine rings is 1. The molecule has 2 aromatic rings. The molecule has 7 heteroatoms. The summed E-state index contributed by atoms with van der Waals surface area (Å²) in [6.07, 6.45) is 8.76. The number of benzene rings is 1. The zero-order valence-electron chi connectivity index (χ0n) is 15.0. The number of anilines is 1. The van der Waals surface area contributed by atoms with Crippen molar-refractivity contribution in [2.24, 2.45) is 0 Å². The Kier molecular flexibility index (Phi) is 5.18. The van der Waals surface area contributed by atoms with Crippen molar-refractivity contribution in [1.29, 1.82) is 0 Å². The van der Waals surface area contributed by atoms with Crippen LogP contribution in [0.4, 0.5) is 5.95 Å². The van der Waals surface area contributed by atoms with Gasteiger partial charge >= 0.3 is 0 Å². The van der Waals surface area contributed by atoms with Gasteiger partial charge in [-0.05, 0) is 42.7 Å². The van der Waals surface area contributed by atoms with Gasteiger partial charge in [-0.3, -0.25) is 4.79 Å². The molecule has 0 aliphatic carbocycles. The molecule has 2 aliphatic heterocycles. The summed E-state index contributed by atoms with van der Waals surface area (Å²) in [7, 11) is 0. The van der Waals surface area contributed by atoms with Crippen molar-refractivity contribution in [1.82, 2.24) is 15.3 Å². The summed E-state index contributed by atoms with van der Waals surface area (Å²) in [5.41, 5.74) is 0.900. The zero-order chi connectivity index (χ0) is 18.5. The van der Waals surface area contributed by atoms with Crippen LogP contribution < -0.4 is 19.7 Å². The molecule has 0 saturated carbocycles. The third-order valence-electron chi connectivity index (χ3n) is 4.60. The monoisotopic (exact) mass is 366 g/mol. The SMILES string of the molecule is O=C(/C=C/c1ccc2c(c1)OCCO2)NC1CCCN(c2ncccn2)C1. The molecule has 1 aromatic carbocycles. The normalized spacial score (nSPS) is 19.1. The van der Waals surface area contributed by atoms with Crippen molar-refractivity contribution in [2.75, 3.05) is 31.2 Å². The zero-order valence-corrected chi connectivity index (χ0v) is 15.0. The van der Waals surface area contributed by atoms with Crippen LogP contribution in [0.3, 0.4) is 0 Å². The van der Waals surface area contributed by atoms with Crippen LogP contribution in [0.1, 0.15) is 18.4 Å². The third kappa shape index (κ3) is 4.36. The van der Waals surface area contributed by atoms with E-state index in [0.717, 1.165) is 36.4 Å². The Morgan fingerprint density at radius 2 is 2.00 bits per heavy atom. The number of amides is 1. The highest BCUT2D eigenvalue weighted by atomic mass is 16.6. The Morgan fingerprint density at radius 1 is 1.19 bits per heavy atom. The van der Waals surface area contributed by atoms with Crippen LogP contribution in [-0.2, 0) is 4.79 Å². The summed E-state index contributed by atoms with van der Waals surface area (Å²) in [4.78, 5) is 23.0. The number of carbonyl (C=O) groups is 1. The number of hydrogen-bond donors (Lipinski definition) is 1. The van der Waals surface area contributed by atoms with Crippen LogP contribution in [-0.4, -0.2) is 48.2 Å². The van der Waals surface area contributed by atoms with E-state index >= 15 is 0 Å². The fourth-order valence-electron chi connectivity index (χ4n) is 3.32. The number of aromatic nitrogens is 2. The largest absolute Gasteiger partial charge is 0.486 e. The first-order chi connectivity index (χ1) is 13.3. The summed E-state index contributed by atoms with van der Waals surface area (Å²) in [6.45, 7) is 2.73. The Bertz CT molecular complexity index is 825. The highest BCUT2D eigenvalue weighted by Crippen LogP contribution is 2.31. The average molecular weight is 366 g/mol. The number of carbonyl (C=O) groups excluding carboxylic acids is 1. The van der Waals surface area contributed by atoms with Crippen molar-refractivity contribution in [3.8, 4) is 11.5 Å². The molecule has 7 nitrogen and oxygen atoms in total. The average Bonchev–Trinajstić information content (AvgIpc) is 2.73. The molecule has 0 bridgehead atoms. The molecule has 1 aromatic heterocycles. The lowest BCUT2D eigenvalue weighted by Gasteiger charge is -2.32. The second kappa shape index (κ2) is 8.07. The van der Waals surface area contributed by atoms with E-state index < -0.39 is 0 Å². The number of hydrogen-bond acceptors (Lipinski definition) is 6. The van der Waals surface area contributed by atoms with Gasteiger partial charge in [-0.25, -0.2) is 9.97 Å². The molecule has 1 N–H and O–H groups in total. The molecular weight excluding hydrogens is 344 g/mol. The minimum Gasteiger partial charge on any atom is -0.486 e. The van der Waals surface area contributed by atoms with Crippen molar-refractivity contribution >= 4 is 17.9 Å². The number of ether oxygens (including phenoxy) is 2. The summed E-state index contributed by atoms with van der Waals surface area (Å²) in [5.74, 6) is 2.07. The Balaban J connectivity index is 1.34. The fourth-order valence-corrected chi connectivity index (χ4v) is 3.32. The van der Waals surface area contributed by atoms with Crippen LogP contribution in [0.25, 0.3) is 6.08 Å². The molecule has 1 fully saturated rings. The van der Waals surface area contributed by atoms with Gasteiger partial charge in [0.15, 0.2) is 11.5 Å². The van der Waals surface area contributed by atoms with Crippen LogP contribution >= 0.6 is 0 Å². The second-order valence-electron chi connectivity index (χ2n) is 6.58. The lowest BCUT2D eigenvalue weighted by atomic mass is 10.1. The van der Waals surface area contributed by atoms with Crippen LogP contribution in [0.2, 0.25) is 0 Å². The van der Waals surface area contributed by atoms with Gasteiger partial charge in [-0.1, -0.05) is 6.07 Å². The van der Waals surface area contributed by atoms with Gasteiger partial charge in [0.05, 0.1) is 0 Å². The Morgan fingerprint density at radius 3 is 2.85 bits per heavy atom. The minimum atomic E-state index is -0.106. The van der Waals surface area contributed by atoms with Gasteiger partial charge in [0.25, 0.3) is 0 Å². The summed E-state index contributed by atoms with van der Waals surface area (Å²) in [6, 6.07) is 7.54. The number of nitrogens with one attached hydrogen (secondary N) is 1. The minimum absolute atomic E-state index is 0.0833. The van der Waals surface area contributed by atoms with E-state index in [4.69, 9.17) is 9.47 Å². The molecular formula is C20H22N4O3. The Labute approximate surface area is 158 Å². The van der Waals surface area contributed by atoms with Crippen LogP contribution in [0, 0.1) is 0 Å². The third-order valence-corrected chi connectivity index (χ3v) is 4.60. The molecule has 4 rings (SSSR count). The maximum atomic E-state index is 12.3.